The van der Waals surface area contributed by atoms with Crippen LogP contribution in [0.1, 0.15) is 5.56 Å². The van der Waals surface area contributed by atoms with Gasteiger partial charge in [-0.2, -0.15) is 5.10 Å². The fraction of sp³-hybridized carbons (Fsp3) is 0.0667. The highest BCUT2D eigenvalue weighted by Gasteiger charge is 2.12. The fourth-order valence-electron chi connectivity index (χ4n) is 1.77. The quantitative estimate of drug-likeness (QED) is 0.446. The van der Waals surface area contributed by atoms with Gasteiger partial charge in [0.1, 0.15) is 10.8 Å². The highest BCUT2D eigenvalue weighted by molar-refractivity contribution is 6.32. The molecule has 0 aliphatic rings. The van der Waals surface area contributed by atoms with Crippen LogP contribution in [0, 0.1) is 20.2 Å². The van der Waals surface area contributed by atoms with Crippen LogP contribution in [-0.4, -0.2) is 28.6 Å². The number of carbonyl (C=O) groups excluding carboxylic acids is 1. The van der Waals surface area contributed by atoms with Gasteiger partial charge in [-0.05, 0) is 18.2 Å². The molecular formula is C15H11ClN4O6. The highest BCUT2D eigenvalue weighted by Crippen LogP contribution is 2.24. The van der Waals surface area contributed by atoms with Crippen molar-refractivity contribution in [3.05, 3.63) is 73.3 Å². The first-order valence-corrected chi connectivity index (χ1v) is 7.37. The number of hydrazone groups is 1. The molecule has 10 nitrogen and oxygen atoms in total. The maximum Gasteiger partial charge on any atom is 0.288 e. The molecule has 134 valence electrons. The fourth-order valence-corrected chi connectivity index (χ4v) is 1.96. The molecule has 0 aliphatic heterocycles. The second kappa shape index (κ2) is 8.53. The molecule has 1 N–H and O–H groups in total. The van der Waals surface area contributed by atoms with E-state index >= 15 is 0 Å². The third kappa shape index (κ3) is 5.24. The number of carbonyl (C=O) groups is 1. The van der Waals surface area contributed by atoms with E-state index in [-0.39, 0.29) is 28.8 Å². The minimum absolute atomic E-state index is 0.00677. The minimum Gasteiger partial charge on any atom is -0.484 e. The van der Waals surface area contributed by atoms with Gasteiger partial charge in [-0.25, -0.2) is 5.43 Å². The van der Waals surface area contributed by atoms with Crippen molar-refractivity contribution in [3.8, 4) is 5.75 Å². The van der Waals surface area contributed by atoms with Gasteiger partial charge in [-0.3, -0.25) is 25.0 Å². The number of non-ortho nitro benzene ring substituents is 1. The van der Waals surface area contributed by atoms with Crippen LogP contribution in [0.4, 0.5) is 11.4 Å². The van der Waals surface area contributed by atoms with Gasteiger partial charge in [0.25, 0.3) is 17.3 Å². The van der Waals surface area contributed by atoms with Crippen molar-refractivity contribution in [1.82, 2.24) is 5.43 Å². The maximum atomic E-state index is 11.6. The number of nitrogens with zero attached hydrogens (tertiary/aromatic N) is 3. The van der Waals surface area contributed by atoms with E-state index in [1.54, 1.807) is 0 Å². The highest BCUT2D eigenvalue weighted by atomic mass is 35.5. The van der Waals surface area contributed by atoms with Crippen LogP contribution in [0.5, 0.6) is 5.75 Å². The molecule has 0 saturated carbocycles. The Labute approximate surface area is 151 Å². The second-order valence-corrected chi connectivity index (χ2v) is 5.21. The van der Waals surface area contributed by atoms with Crippen molar-refractivity contribution in [3.63, 3.8) is 0 Å². The number of nitro groups is 2. The molecule has 2 rings (SSSR count). The molecule has 0 saturated heterocycles. The zero-order valence-corrected chi connectivity index (χ0v) is 13.8. The molecule has 26 heavy (non-hydrogen) atoms. The first-order chi connectivity index (χ1) is 12.4. The summed E-state index contributed by atoms with van der Waals surface area (Å²) in [6.07, 6.45) is 1.22. The number of amides is 1. The number of nitrogens with one attached hydrogen (secondary N) is 1. The Morgan fingerprint density at radius 2 is 1.85 bits per heavy atom. The molecule has 2 aromatic carbocycles. The van der Waals surface area contributed by atoms with Crippen molar-refractivity contribution >= 4 is 35.1 Å². The van der Waals surface area contributed by atoms with Crippen molar-refractivity contribution in [2.24, 2.45) is 5.10 Å². The van der Waals surface area contributed by atoms with E-state index in [0.29, 0.717) is 5.56 Å². The summed E-state index contributed by atoms with van der Waals surface area (Å²) < 4.78 is 5.16. The number of hydrogen-bond acceptors (Lipinski definition) is 7. The summed E-state index contributed by atoms with van der Waals surface area (Å²) in [4.78, 5) is 31.8. The lowest BCUT2D eigenvalue weighted by Gasteiger charge is -2.04. The lowest BCUT2D eigenvalue weighted by Crippen LogP contribution is -2.24. The van der Waals surface area contributed by atoms with E-state index in [1.165, 1.54) is 48.7 Å². The molecule has 0 heterocycles. The molecule has 11 heteroatoms. The third-order valence-electron chi connectivity index (χ3n) is 2.99. The molecule has 0 aromatic heterocycles. The first-order valence-electron chi connectivity index (χ1n) is 7.00. The van der Waals surface area contributed by atoms with E-state index < -0.39 is 15.8 Å². The summed E-state index contributed by atoms with van der Waals surface area (Å²) >= 11 is 5.69. The predicted octanol–water partition coefficient (Wildman–Crippen LogP) is 2.69. The zero-order valence-electron chi connectivity index (χ0n) is 13.0. The summed E-state index contributed by atoms with van der Waals surface area (Å²) in [5.41, 5.74) is 2.19. The van der Waals surface area contributed by atoms with Gasteiger partial charge in [0.05, 0.1) is 16.1 Å². The van der Waals surface area contributed by atoms with Crippen LogP contribution >= 0.6 is 11.6 Å². The summed E-state index contributed by atoms with van der Waals surface area (Å²) in [6, 6.07) is 9.28. The van der Waals surface area contributed by atoms with E-state index in [1.807, 2.05) is 0 Å². The van der Waals surface area contributed by atoms with Crippen molar-refractivity contribution in [2.75, 3.05) is 6.61 Å². The van der Waals surface area contributed by atoms with E-state index in [9.17, 15) is 25.0 Å². The van der Waals surface area contributed by atoms with Gasteiger partial charge in [0, 0.05) is 23.8 Å². The van der Waals surface area contributed by atoms with Crippen LogP contribution in [-0.2, 0) is 4.79 Å². The average Bonchev–Trinajstić information content (AvgIpc) is 2.61. The van der Waals surface area contributed by atoms with Crippen molar-refractivity contribution in [2.45, 2.75) is 0 Å². The molecule has 0 bridgehead atoms. The Kier molecular flexibility index (Phi) is 6.17. The van der Waals surface area contributed by atoms with Gasteiger partial charge < -0.3 is 4.74 Å². The summed E-state index contributed by atoms with van der Waals surface area (Å²) in [7, 11) is 0. The molecule has 0 radical (unpaired) electrons. The summed E-state index contributed by atoms with van der Waals surface area (Å²) in [5.74, 6) is -0.300. The van der Waals surface area contributed by atoms with Crippen LogP contribution in [0.3, 0.4) is 0 Å². The molecule has 0 aliphatic carbocycles. The van der Waals surface area contributed by atoms with E-state index in [2.05, 4.69) is 10.5 Å². The summed E-state index contributed by atoms with van der Waals surface area (Å²) in [5, 5.41) is 25.0. The molecule has 0 spiro atoms. The van der Waals surface area contributed by atoms with Gasteiger partial charge in [0.2, 0.25) is 0 Å². The van der Waals surface area contributed by atoms with E-state index in [4.69, 9.17) is 16.3 Å². The van der Waals surface area contributed by atoms with Gasteiger partial charge in [-0.15, -0.1) is 0 Å². The van der Waals surface area contributed by atoms with Crippen LogP contribution in [0.2, 0.25) is 5.02 Å². The summed E-state index contributed by atoms with van der Waals surface area (Å²) in [6.45, 7) is -0.365. The minimum atomic E-state index is -0.629. The third-order valence-corrected chi connectivity index (χ3v) is 3.31. The Balaban J connectivity index is 1.86. The first kappa shape index (κ1) is 18.8. The number of benzene rings is 2. The molecule has 0 fully saturated rings. The maximum absolute atomic E-state index is 11.6. The smallest absolute Gasteiger partial charge is 0.288 e. The lowest BCUT2D eigenvalue weighted by atomic mass is 10.2. The Hall–Kier alpha value is -3.53. The molecule has 2 aromatic rings. The largest absolute Gasteiger partial charge is 0.484 e. The normalized spacial score (nSPS) is 10.5. The SMILES string of the molecule is O=C(COc1ccc([N+](=O)[O-])cc1)NN=Cc1ccc(Cl)c([N+](=O)[O-])c1. The van der Waals surface area contributed by atoms with Crippen molar-refractivity contribution in [1.29, 1.82) is 0 Å². The number of ether oxygens (including phenoxy) is 1. The topological polar surface area (TPSA) is 137 Å². The standard InChI is InChI=1S/C15H11ClN4O6/c16-13-6-1-10(7-14(13)20(24)25)8-17-18-15(21)9-26-12-4-2-11(3-5-12)19(22)23/h1-8H,9H2,(H,18,21). The Bertz CT molecular complexity index is 869. The van der Waals surface area contributed by atoms with Gasteiger partial charge in [0.15, 0.2) is 6.61 Å². The van der Waals surface area contributed by atoms with Crippen LogP contribution in [0.25, 0.3) is 0 Å². The molecule has 0 atom stereocenters. The average molecular weight is 379 g/mol. The number of halogens is 1. The monoisotopic (exact) mass is 378 g/mol. The Morgan fingerprint density at radius 3 is 2.46 bits per heavy atom. The predicted molar refractivity (Wildman–Crippen MR) is 92.4 cm³/mol. The van der Waals surface area contributed by atoms with Crippen LogP contribution < -0.4 is 10.2 Å². The zero-order chi connectivity index (χ0) is 19.1. The molecule has 1 amide bonds. The van der Waals surface area contributed by atoms with Crippen molar-refractivity contribution < 1.29 is 19.4 Å². The van der Waals surface area contributed by atoms with Crippen LogP contribution in [0.15, 0.2) is 47.6 Å². The molecular weight excluding hydrogens is 368 g/mol. The van der Waals surface area contributed by atoms with Gasteiger partial charge in [-0.1, -0.05) is 17.7 Å². The van der Waals surface area contributed by atoms with E-state index in [0.717, 1.165) is 0 Å². The van der Waals surface area contributed by atoms with Gasteiger partial charge >= 0.3 is 0 Å². The lowest BCUT2D eigenvalue weighted by molar-refractivity contribution is -0.385. The number of nitro benzene ring substituents is 2. The Morgan fingerprint density at radius 1 is 1.15 bits per heavy atom. The number of hydrogen-bond donors (Lipinski definition) is 1. The second-order valence-electron chi connectivity index (χ2n) is 4.80. The molecule has 0 unspecified atom stereocenters. The number of rotatable bonds is 7.